The maximum Gasteiger partial charge on any atom is 0.169 e. The molecule has 3 heteroatoms. The van der Waals surface area contributed by atoms with Crippen LogP contribution in [0.3, 0.4) is 0 Å². The lowest BCUT2D eigenvalue weighted by molar-refractivity contribution is 0.357. The quantitative estimate of drug-likeness (QED) is 0.457. The third-order valence-corrected chi connectivity index (χ3v) is 4.76. The predicted molar refractivity (Wildman–Crippen MR) is 110 cm³/mol. The van der Waals surface area contributed by atoms with Crippen LogP contribution in [0.15, 0.2) is 72.9 Å². The average Bonchev–Trinajstić information content (AvgIpc) is 2.72. The monoisotopic (exact) mass is 355 g/mol. The van der Waals surface area contributed by atoms with Crippen LogP contribution in [0.2, 0.25) is 0 Å². The van der Waals surface area contributed by atoms with Crippen LogP contribution < -0.4 is 9.47 Å². The lowest BCUT2D eigenvalue weighted by atomic mass is 9.94. The lowest BCUT2D eigenvalue weighted by Gasteiger charge is -2.17. The zero-order valence-corrected chi connectivity index (χ0v) is 15.7. The van der Waals surface area contributed by atoms with Gasteiger partial charge in [-0.05, 0) is 53.1 Å². The van der Waals surface area contributed by atoms with Crippen molar-refractivity contribution in [3.8, 4) is 33.9 Å². The third kappa shape index (κ3) is 3.13. The molecule has 0 amide bonds. The summed E-state index contributed by atoms with van der Waals surface area (Å²) in [6.07, 6.45) is 1.85. The first kappa shape index (κ1) is 17.1. The van der Waals surface area contributed by atoms with Gasteiger partial charge in [0.2, 0.25) is 0 Å². The largest absolute Gasteiger partial charge is 0.493 e. The van der Waals surface area contributed by atoms with E-state index in [-0.39, 0.29) is 0 Å². The number of nitrogens with zero attached hydrogens (tertiary/aromatic N) is 1. The molecule has 0 unspecified atom stereocenters. The van der Waals surface area contributed by atoms with E-state index in [2.05, 4.69) is 48.3 Å². The lowest BCUT2D eigenvalue weighted by Crippen LogP contribution is -1.95. The van der Waals surface area contributed by atoms with E-state index >= 15 is 0 Å². The molecule has 4 aromatic rings. The van der Waals surface area contributed by atoms with Crippen LogP contribution in [-0.2, 0) is 0 Å². The second-order valence-electron chi connectivity index (χ2n) is 6.51. The molecule has 0 aliphatic carbocycles. The standard InChI is InChI=1S/C24H21NO2/c1-16-11-12-25-21(13-16)18-9-10-20-19(14-18)15-22(26-2)24(27-3)23(20)17-7-5-4-6-8-17/h4-15H,1-3H3. The smallest absolute Gasteiger partial charge is 0.169 e. The van der Waals surface area contributed by atoms with Crippen LogP contribution in [0.25, 0.3) is 33.2 Å². The molecule has 0 saturated carbocycles. The molecule has 0 radical (unpaired) electrons. The first-order chi connectivity index (χ1) is 13.2. The number of hydrogen-bond acceptors (Lipinski definition) is 3. The summed E-state index contributed by atoms with van der Waals surface area (Å²) < 4.78 is 11.4. The summed E-state index contributed by atoms with van der Waals surface area (Å²) in [6, 6.07) is 22.8. The molecule has 0 aliphatic heterocycles. The number of methoxy groups -OCH3 is 2. The van der Waals surface area contributed by atoms with Crippen LogP contribution in [0.5, 0.6) is 11.5 Å². The van der Waals surface area contributed by atoms with Crippen molar-refractivity contribution < 1.29 is 9.47 Å². The van der Waals surface area contributed by atoms with Gasteiger partial charge in [-0.25, -0.2) is 0 Å². The highest BCUT2D eigenvalue weighted by Gasteiger charge is 2.17. The fourth-order valence-electron chi connectivity index (χ4n) is 3.46. The van der Waals surface area contributed by atoms with E-state index in [0.717, 1.165) is 44.7 Å². The minimum absolute atomic E-state index is 0.721. The Morgan fingerprint density at radius 1 is 0.778 bits per heavy atom. The fraction of sp³-hybridized carbons (Fsp3) is 0.125. The summed E-state index contributed by atoms with van der Waals surface area (Å²) in [4.78, 5) is 4.52. The summed E-state index contributed by atoms with van der Waals surface area (Å²) in [5.74, 6) is 1.47. The third-order valence-electron chi connectivity index (χ3n) is 4.76. The number of aromatic nitrogens is 1. The molecule has 27 heavy (non-hydrogen) atoms. The number of fused-ring (bicyclic) bond motifs is 1. The van der Waals surface area contributed by atoms with Crippen LogP contribution in [0.1, 0.15) is 5.56 Å². The summed E-state index contributed by atoms with van der Waals surface area (Å²) in [7, 11) is 3.35. The number of ether oxygens (including phenoxy) is 2. The van der Waals surface area contributed by atoms with Gasteiger partial charge in [-0.3, -0.25) is 4.98 Å². The van der Waals surface area contributed by atoms with Gasteiger partial charge in [-0.15, -0.1) is 0 Å². The van der Waals surface area contributed by atoms with E-state index in [0.29, 0.717) is 0 Å². The first-order valence-corrected chi connectivity index (χ1v) is 8.88. The Kier molecular flexibility index (Phi) is 4.51. The van der Waals surface area contributed by atoms with Crippen molar-refractivity contribution in [3.63, 3.8) is 0 Å². The predicted octanol–water partition coefficient (Wildman–Crippen LogP) is 5.89. The number of pyridine rings is 1. The topological polar surface area (TPSA) is 31.4 Å². The Hall–Kier alpha value is -3.33. The Labute approximate surface area is 159 Å². The molecular weight excluding hydrogens is 334 g/mol. The van der Waals surface area contributed by atoms with Crippen molar-refractivity contribution in [2.75, 3.05) is 14.2 Å². The maximum atomic E-state index is 5.72. The number of hydrogen-bond donors (Lipinski definition) is 0. The highest BCUT2D eigenvalue weighted by atomic mass is 16.5. The number of aryl methyl sites for hydroxylation is 1. The highest BCUT2D eigenvalue weighted by molar-refractivity contribution is 6.03. The van der Waals surface area contributed by atoms with Crippen molar-refractivity contribution in [2.45, 2.75) is 6.92 Å². The van der Waals surface area contributed by atoms with E-state index < -0.39 is 0 Å². The van der Waals surface area contributed by atoms with E-state index in [1.165, 1.54) is 5.56 Å². The van der Waals surface area contributed by atoms with E-state index in [9.17, 15) is 0 Å². The van der Waals surface area contributed by atoms with Gasteiger partial charge in [0.05, 0.1) is 19.9 Å². The Balaban J connectivity index is 2.00. The zero-order valence-electron chi connectivity index (χ0n) is 15.7. The Morgan fingerprint density at radius 3 is 2.30 bits per heavy atom. The second kappa shape index (κ2) is 7.12. The van der Waals surface area contributed by atoms with Crippen molar-refractivity contribution in [3.05, 3.63) is 78.5 Å². The van der Waals surface area contributed by atoms with Crippen LogP contribution in [-0.4, -0.2) is 19.2 Å². The van der Waals surface area contributed by atoms with Crippen LogP contribution in [0.4, 0.5) is 0 Å². The maximum absolute atomic E-state index is 5.72. The second-order valence-corrected chi connectivity index (χ2v) is 6.51. The molecule has 0 atom stereocenters. The molecule has 1 heterocycles. The molecular formula is C24H21NO2. The van der Waals surface area contributed by atoms with Crippen molar-refractivity contribution in [2.24, 2.45) is 0 Å². The van der Waals surface area contributed by atoms with Gasteiger partial charge in [-0.2, -0.15) is 0 Å². The molecule has 0 saturated heterocycles. The van der Waals surface area contributed by atoms with Gasteiger partial charge < -0.3 is 9.47 Å². The Bertz CT molecular complexity index is 1100. The van der Waals surface area contributed by atoms with Crippen molar-refractivity contribution in [1.82, 2.24) is 4.98 Å². The summed E-state index contributed by atoms with van der Waals surface area (Å²) in [6.45, 7) is 2.08. The first-order valence-electron chi connectivity index (χ1n) is 8.88. The molecule has 1 aromatic heterocycles. The zero-order chi connectivity index (χ0) is 18.8. The highest BCUT2D eigenvalue weighted by Crippen LogP contribution is 2.44. The van der Waals surface area contributed by atoms with E-state index in [4.69, 9.17) is 9.47 Å². The van der Waals surface area contributed by atoms with Crippen LogP contribution in [0, 0.1) is 6.92 Å². The van der Waals surface area contributed by atoms with E-state index in [1.807, 2.05) is 36.5 Å². The van der Waals surface area contributed by atoms with Gasteiger partial charge in [0.1, 0.15) is 0 Å². The summed E-state index contributed by atoms with van der Waals surface area (Å²) in [5, 5.41) is 2.21. The molecule has 3 aromatic carbocycles. The van der Waals surface area contributed by atoms with Gasteiger partial charge in [0.15, 0.2) is 11.5 Å². The minimum Gasteiger partial charge on any atom is -0.493 e. The molecule has 0 fully saturated rings. The number of rotatable bonds is 4. The number of benzene rings is 3. The molecule has 134 valence electrons. The SMILES string of the molecule is COc1cc2cc(-c3cc(C)ccn3)ccc2c(-c2ccccc2)c1OC. The molecule has 0 aliphatic rings. The van der Waals surface area contributed by atoms with Gasteiger partial charge in [0.25, 0.3) is 0 Å². The fourth-order valence-corrected chi connectivity index (χ4v) is 3.46. The minimum atomic E-state index is 0.721. The van der Waals surface area contributed by atoms with E-state index in [1.54, 1.807) is 14.2 Å². The van der Waals surface area contributed by atoms with Gasteiger partial charge in [0, 0.05) is 17.3 Å². The molecule has 0 bridgehead atoms. The molecule has 4 rings (SSSR count). The van der Waals surface area contributed by atoms with Gasteiger partial charge in [-0.1, -0.05) is 42.5 Å². The molecule has 0 N–H and O–H groups in total. The Morgan fingerprint density at radius 2 is 1.59 bits per heavy atom. The van der Waals surface area contributed by atoms with Crippen molar-refractivity contribution >= 4 is 10.8 Å². The average molecular weight is 355 g/mol. The summed E-state index contributed by atoms with van der Waals surface area (Å²) >= 11 is 0. The van der Waals surface area contributed by atoms with Crippen LogP contribution >= 0.6 is 0 Å². The normalized spacial score (nSPS) is 10.8. The molecule has 0 spiro atoms. The molecule has 3 nitrogen and oxygen atoms in total. The van der Waals surface area contributed by atoms with Crippen molar-refractivity contribution in [1.29, 1.82) is 0 Å². The summed E-state index contributed by atoms with van der Waals surface area (Å²) in [5.41, 5.74) is 5.37. The van der Waals surface area contributed by atoms with Gasteiger partial charge >= 0.3 is 0 Å².